The number of aliphatic hydroxyl groups is 1. The second-order valence-electron chi connectivity index (χ2n) is 18.7. The molecular weight excluding hydrogens is 976 g/mol. The second-order valence-corrected chi connectivity index (χ2v) is 20.1. The average Bonchev–Trinajstić information content (AvgIpc) is 3.41. The minimum absolute atomic E-state index is 0.0342. The summed E-state index contributed by atoms with van der Waals surface area (Å²) in [5.74, 6) is -1.61. The number of aliphatic hydroxyl groups excluding tert-OH is 1. The van der Waals surface area contributed by atoms with Crippen LogP contribution in [0.25, 0.3) is 0 Å². The molecule has 0 aliphatic heterocycles. The Bertz CT molecular complexity index is 1780. The molecule has 0 aromatic heterocycles. The Labute approximate surface area is 461 Å². The first kappa shape index (κ1) is 71.6. The topological polar surface area (TPSA) is 155 Å². The number of ether oxygens (including phenoxy) is 3. The lowest BCUT2D eigenvalue weighted by Crippen LogP contribution is -2.30. The molecule has 3 atom stereocenters. The van der Waals surface area contributed by atoms with Crippen LogP contribution in [0.3, 0.4) is 0 Å². The maximum absolute atomic E-state index is 12.9. The van der Waals surface area contributed by atoms with Gasteiger partial charge in [-0.25, -0.2) is 4.57 Å². The molecule has 12 heteroatoms. The number of rotatable bonds is 52. The van der Waals surface area contributed by atoms with Gasteiger partial charge in [0.1, 0.15) is 12.7 Å². The van der Waals surface area contributed by atoms with Crippen molar-refractivity contribution < 1.29 is 52.2 Å². The summed E-state index contributed by atoms with van der Waals surface area (Å²) in [6.45, 7) is 4.27. The summed E-state index contributed by atoms with van der Waals surface area (Å²) in [6, 6.07) is 0. The molecule has 3 unspecified atom stereocenters. The van der Waals surface area contributed by atoms with E-state index in [9.17, 15) is 28.9 Å². The first-order chi connectivity index (χ1) is 37.2. The van der Waals surface area contributed by atoms with Crippen LogP contribution < -0.4 is 0 Å². The van der Waals surface area contributed by atoms with E-state index >= 15 is 0 Å². The van der Waals surface area contributed by atoms with Crippen molar-refractivity contribution in [3.63, 3.8) is 0 Å². The summed E-state index contributed by atoms with van der Waals surface area (Å²) in [5.41, 5.74) is 0. The van der Waals surface area contributed by atoms with Gasteiger partial charge in [0.2, 0.25) is 0 Å². The van der Waals surface area contributed by atoms with Gasteiger partial charge < -0.3 is 24.2 Å². The van der Waals surface area contributed by atoms with Gasteiger partial charge >= 0.3 is 25.7 Å². The minimum atomic E-state index is -4.78. The summed E-state index contributed by atoms with van der Waals surface area (Å²) in [4.78, 5) is 48.5. The van der Waals surface area contributed by atoms with Crippen molar-refractivity contribution in [3.05, 3.63) is 134 Å². The summed E-state index contributed by atoms with van der Waals surface area (Å²) in [7, 11) is -4.78. The van der Waals surface area contributed by atoms with E-state index in [2.05, 4.69) is 142 Å². The molecule has 0 amide bonds. The number of phosphoric ester groups is 1. The van der Waals surface area contributed by atoms with Gasteiger partial charge in [0.05, 0.1) is 19.8 Å². The highest BCUT2D eigenvalue weighted by Gasteiger charge is 2.28. The number of allylic oxidation sites excluding steroid dienone is 22. The minimum Gasteiger partial charge on any atom is -0.462 e. The van der Waals surface area contributed by atoms with Crippen LogP contribution in [0.2, 0.25) is 0 Å². The molecule has 430 valence electrons. The molecule has 0 aliphatic rings. The van der Waals surface area contributed by atoms with Crippen LogP contribution in [0.4, 0.5) is 0 Å². The zero-order valence-electron chi connectivity index (χ0n) is 47.4. The highest BCUT2D eigenvalue weighted by Crippen LogP contribution is 2.43. The van der Waals surface area contributed by atoms with E-state index in [0.29, 0.717) is 25.7 Å². The van der Waals surface area contributed by atoms with Crippen LogP contribution in [0.5, 0.6) is 0 Å². The highest BCUT2D eigenvalue weighted by molar-refractivity contribution is 7.47. The summed E-state index contributed by atoms with van der Waals surface area (Å²) >= 11 is 0. The SMILES string of the molecule is CC/C=C\C/C=C\C/C=C\C/C=C\C/C=C\C/C=C\CCC(=O)OC(COC(=O)CCCCCCCCCCCCC)COP(=O)(O)OCC(CO)OC(=O)CCCCC/C=C\C/C=C\C/C=C\C/C=C\C/C=C\CC. The summed E-state index contributed by atoms with van der Waals surface area (Å²) < 4.78 is 39.4. The quantitative estimate of drug-likeness (QED) is 0.0197. The Morgan fingerprint density at radius 3 is 1.13 bits per heavy atom. The van der Waals surface area contributed by atoms with Gasteiger partial charge in [-0.1, -0.05) is 225 Å². The van der Waals surface area contributed by atoms with Gasteiger partial charge in [-0.05, 0) is 103 Å². The fourth-order valence-electron chi connectivity index (χ4n) is 7.23. The number of carbonyl (C=O) groups is 3. The van der Waals surface area contributed by atoms with Crippen LogP contribution >= 0.6 is 7.82 Å². The van der Waals surface area contributed by atoms with Gasteiger partial charge in [0, 0.05) is 19.3 Å². The number of esters is 3. The molecule has 0 saturated heterocycles. The molecule has 0 aromatic carbocycles. The molecule has 0 saturated carbocycles. The maximum atomic E-state index is 12.9. The molecule has 76 heavy (non-hydrogen) atoms. The Hall–Kier alpha value is -4.38. The maximum Gasteiger partial charge on any atom is 0.472 e. The van der Waals surface area contributed by atoms with Crippen molar-refractivity contribution in [1.82, 2.24) is 0 Å². The van der Waals surface area contributed by atoms with Crippen LogP contribution in [0.1, 0.15) is 213 Å². The number of unbranched alkanes of at least 4 members (excludes halogenated alkanes) is 13. The first-order valence-electron chi connectivity index (χ1n) is 29.1. The number of phosphoric acid groups is 1. The van der Waals surface area contributed by atoms with E-state index in [1.54, 1.807) is 0 Å². The number of hydrogen-bond acceptors (Lipinski definition) is 10. The molecule has 0 fully saturated rings. The standard InChI is InChI=1S/C64H103O11P/c1-4-7-10-13-16-19-22-24-26-28-30-32-34-36-39-42-45-48-51-54-63(67)74-60(56-65)58-72-76(69,70)73-59-61(57-71-62(66)53-50-47-44-41-38-21-18-15-12-9-6-3)75-64(68)55-52-49-46-43-40-37-35-33-31-29-27-25-23-20-17-14-11-8-5-2/h7-8,10-11,16-17,19-20,24-27,30-33,36-37,39-40,46,49,60-61,65H,4-6,9,12-15,18,21-23,28-29,34-35,38,41-45,47-48,50-59H2,1-3H3,(H,69,70)/b10-7-,11-8-,19-16-,20-17-,26-24-,27-25-,32-30-,33-31-,39-36-,40-37-,49-46-. The third-order valence-electron chi connectivity index (χ3n) is 11.6. The lowest BCUT2D eigenvalue weighted by molar-refractivity contribution is -0.161. The predicted octanol–water partition coefficient (Wildman–Crippen LogP) is 17.4. The van der Waals surface area contributed by atoms with Crippen molar-refractivity contribution in [2.24, 2.45) is 0 Å². The largest absolute Gasteiger partial charge is 0.472 e. The van der Waals surface area contributed by atoms with Crippen molar-refractivity contribution >= 4 is 25.7 Å². The molecule has 0 rings (SSSR count). The molecule has 2 N–H and O–H groups in total. The zero-order chi connectivity index (χ0) is 55.5. The van der Waals surface area contributed by atoms with Gasteiger partial charge in [-0.2, -0.15) is 0 Å². The van der Waals surface area contributed by atoms with Gasteiger partial charge in [-0.15, -0.1) is 0 Å². The Balaban J connectivity index is 4.82. The van der Waals surface area contributed by atoms with Crippen LogP contribution in [-0.2, 0) is 42.2 Å². The molecule has 0 radical (unpaired) electrons. The van der Waals surface area contributed by atoms with E-state index in [-0.39, 0.29) is 25.9 Å². The number of carbonyl (C=O) groups excluding carboxylic acids is 3. The Morgan fingerprint density at radius 2 is 0.711 bits per heavy atom. The number of hydrogen-bond donors (Lipinski definition) is 2. The van der Waals surface area contributed by atoms with E-state index < -0.39 is 57.8 Å². The normalized spacial score (nSPS) is 14.3. The van der Waals surface area contributed by atoms with Crippen molar-refractivity contribution in [3.8, 4) is 0 Å². The van der Waals surface area contributed by atoms with Gasteiger partial charge in [0.25, 0.3) is 0 Å². The Morgan fingerprint density at radius 1 is 0.382 bits per heavy atom. The van der Waals surface area contributed by atoms with E-state index in [4.69, 9.17) is 23.3 Å². The molecule has 0 bridgehead atoms. The smallest absolute Gasteiger partial charge is 0.462 e. The fraction of sp³-hybridized carbons (Fsp3) is 0.609. The predicted molar refractivity (Wildman–Crippen MR) is 316 cm³/mol. The summed E-state index contributed by atoms with van der Waals surface area (Å²) in [5, 5.41) is 9.82. The van der Waals surface area contributed by atoms with Crippen LogP contribution in [-0.4, -0.2) is 66.5 Å². The van der Waals surface area contributed by atoms with Crippen LogP contribution in [0.15, 0.2) is 134 Å². The second kappa shape index (κ2) is 56.8. The molecule has 0 aliphatic carbocycles. The molecule has 0 spiro atoms. The van der Waals surface area contributed by atoms with Gasteiger partial charge in [-0.3, -0.25) is 23.4 Å². The Kier molecular flexibility index (Phi) is 53.5. The average molecular weight is 1080 g/mol. The highest BCUT2D eigenvalue weighted by atomic mass is 31.2. The summed E-state index contributed by atoms with van der Waals surface area (Å²) in [6.07, 6.45) is 71.4. The zero-order valence-corrected chi connectivity index (χ0v) is 48.3. The third kappa shape index (κ3) is 54.4. The van der Waals surface area contributed by atoms with E-state index in [1.165, 1.54) is 44.9 Å². The molecule has 0 aromatic rings. The van der Waals surface area contributed by atoms with Crippen molar-refractivity contribution in [2.45, 2.75) is 226 Å². The third-order valence-corrected chi connectivity index (χ3v) is 12.5. The lowest BCUT2D eigenvalue weighted by Gasteiger charge is -2.21. The van der Waals surface area contributed by atoms with E-state index in [1.807, 2.05) is 12.2 Å². The monoisotopic (exact) mass is 1080 g/mol. The molecular formula is C64H103O11P. The van der Waals surface area contributed by atoms with Crippen molar-refractivity contribution in [1.29, 1.82) is 0 Å². The van der Waals surface area contributed by atoms with E-state index in [0.717, 1.165) is 103 Å². The first-order valence-corrected chi connectivity index (χ1v) is 30.6. The fourth-order valence-corrected chi connectivity index (χ4v) is 8.01. The molecule has 11 nitrogen and oxygen atoms in total. The van der Waals surface area contributed by atoms with Crippen LogP contribution in [0, 0.1) is 0 Å². The van der Waals surface area contributed by atoms with Crippen molar-refractivity contribution in [2.75, 3.05) is 26.4 Å². The molecule has 0 heterocycles. The van der Waals surface area contributed by atoms with Gasteiger partial charge in [0.15, 0.2) is 6.10 Å². The lowest BCUT2D eigenvalue weighted by atomic mass is 10.1.